The topological polar surface area (TPSA) is 21.3 Å². The molecule has 0 spiro atoms. The summed E-state index contributed by atoms with van der Waals surface area (Å²) in [6, 6.07) is 0. The fraction of sp³-hybridized carbons (Fsp3) is 1.00. The molecule has 1 aliphatic carbocycles. The number of nitrogens with one attached hydrogen (secondary N) is 1. The van der Waals surface area contributed by atoms with Crippen LogP contribution in [0.5, 0.6) is 0 Å². The highest BCUT2D eigenvalue weighted by molar-refractivity contribution is 5.10. The van der Waals surface area contributed by atoms with Crippen molar-refractivity contribution in [1.82, 2.24) is 5.32 Å². The van der Waals surface area contributed by atoms with Crippen LogP contribution in [0, 0.1) is 23.2 Å². The lowest BCUT2D eigenvalue weighted by Crippen LogP contribution is -2.24. The highest BCUT2D eigenvalue weighted by atomic mass is 16.5. The van der Waals surface area contributed by atoms with E-state index in [4.69, 9.17) is 4.74 Å². The van der Waals surface area contributed by atoms with Crippen LogP contribution in [0.25, 0.3) is 0 Å². The zero-order valence-electron chi connectivity index (χ0n) is 12.1. The molecule has 2 fully saturated rings. The summed E-state index contributed by atoms with van der Waals surface area (Å²) in [7, 11) is 0. The average molecular weight is 239 g/mol. The van der Waals surface area contributed by atoms with Gasteiger partial charge in [0.1, 0.15) is 0 Å². The van der Waals surface area contributed by atoms with Gasteiger partial charge in [0.2, 0.25) is 0 Å². The molecule has 4 unspecified atom stereocenters. The van der Waals surface area contributed by atoms with Crippen molar-refractivity contribution in [3.05, 3.63) is 0 Å². The molecule has 1 heterocycles. The lowest BCUT2D eigenvalue weighted by Gasteiger charge is -2.12. The number of hydrogen-bond acceptors (Lipinski definition) is 2. The molecule has 0 radical (unpaired) electrons. The van der Waals surface area contributed by atoms with Crippen molar-refractivity contribution in [2.75, 3.05) is 13.1 Å². The van der Waals surface area contributed by atoms with Crippen LogP contribution in [0.4, 0.5) is 0 Å². The third kappa shape index (κ3) is 2.85. The fourth-order valence-electron chi connectivity index (χ4n) is 3.54. The lowest BCUT2D eigenvalue weighted by molar-refractivity contribution is 0.0339. The minimum absolute atomic E-state index is 0.485. The minimum atomic E-state index is 0.485. The highest BCUT2D eigenvalue weighted by Gasteiger charge is 2.61. The Morgan fingerprint density at radius 2 is 2.00 bits per heavy atom. The molecule has 2 rings (SSSR count). The summed E-state index contributed by atoms with van der Waals surface area (Å²) in [6.45, 7) is 13.9. The van der Waals surface area contributed by atoms with Crippen LogP contribution in [-0.4, -0.2) is 25.3 Å². The Labute approximate surface area is 107 Å². The van der Waals surface area contributed by atoms with Crippen molar-refractivity contribution < 1.29 is 4.74 Å². The molecular formula is C15H29NO. The number of rotatable bonds is 5. The molecule has 2 nitrogen and oxygen atoms in total. The van der Waals surface area contributed by atoms with Crippen LogP contribution in [0.2, 0.25) is 0 Å². The Balaban J connectivity index is 1.79. The molecule has 17 heavy (non-hydrogen) atoms. The monoisotopic (exact) mass is 239 g/mol. The van der Waals surface area contributed by atoms with E-state index < -0.39 is 0 Å². The van der Waals surface area contributed by atoms with Gasteiger partial charge in [-0.1, -0.05) is 27.7 Å². The molecule has 0 aromatic heterocycles. The van der Waals surface area contributed by atoms with Crippen molar-refractivity contribution >= 4 is 0 Å². The Bertz CT molecular complexity index is 262. The summed E-state index contributed by atoms with van der Waals surface area (Å²) >= 11 is 0. The molecule has 0 amide bonds. The highest BCUT2D eigenvalue weighted by Crippen LogP contribution is 2.61. The van der Waals surface area contributed by atoms with E-state index in [1.807, 2.05) is 0 Å². The van der Waals surface area contributed by atoms with Gasteiger partial charge < -0.3 is 10.1 Å². The van der Waals surface area contributed by atoms with Crippen molar-refractivity contribution in [3.8, 4) is 0 Å². The van der Waals surface area contributed by atoms with E-state index in [9.17, 15) is 0 Å². The van der Waals surface area contributed by atoms with Crippen LogP contribution in [0.1, 0.15) is 47.5 Å². The van der Waals surface area contributed by atoms with Gasteiger partial charge >= 0.3 is 0 Å². The van der Waals surface area contributed by atoms with Crippen LogP contribution < -0.4 is 5.32 Å². The number of hydrogen-bond donors (Lipinski definition) is 1. The second-order valence-electron chi connectivity index (χ2n) is 7.07. The summed E-state index contributed by atoms with van der Waals surface area (Å²) in [5.74, 6) is 2.35. The fourth-order valence-corrected chi connectivity index (χ4v) is 3.54. The molecule has 1 aliphatic heterocycles. The SMILES string of the molecule is CC(C)CNCC1C(C2CCC(C)O2)C1(C)C. The molecule has 2 heteroatoms. The van der Waals surface area contributed by atoms with Gasteiger partial charge in [-0.15, -0.1) is 0 Å². The van der Waals surface area contributed by atoms with E-state index in [0.29, 0.717) is 17.6 Å². The van der Waals surface area contributed by atoms with E-state index in [1.54, 1.807) is 0 Å². The summed E-state index contributed by atoms with van der Waals surface area (Å²) in [5.41, 5.74) is 0.485. The van der Waals surface area contributed by atoms with Gasteiger partial charge in [0.05, 0.1) is 12.2 Å². The third-order valence-electron chi connectivity index (χ3n) is 4.72. The zero-order valence-corrected chi connectivity index (χ0v) is 12.1. The van der Waals surface area contributed by atoms with Gasteiger partial charge in [0.15, 0.2) is 0 Å². The maximum atomic E-state index is 6.05. The lowest BCUT2D eigenvalue weighted by atomic mass is 10.0. The maximum Gasteiger partial charge on any atom is 0.0616 e. The van der Waals surface area contributed by atoms with E-state index in [1.165, 1.54) is 19.4 Å². The molecule has 1 saturated carbocycles. The Hall–Kier alpha value is -0.0800. The molecule has 2 aliphatic rings. The quantitative estimate of drug-likeness (QED) is 0.796. The first-order valence-corrected chi connectivity index (χ1v) is 7.29. The molecule has 4 atom stereocenters. The number of ether oxygens (including phenoxy) is 1. The summed E-state index contributed by atoms with van der Waals surface area (Å²) in [6.07, 6.45) is 3.55. The van der Waals surface area contributed by atoms with Gasteiger partial charge in [0, 0.05) is 0 Å². The molecule has 100 valence electrons. The van der Waals surface area contributed by atoms with Crippen LogP contribution >= 0.6 is 0 Å². The summed E-state index contributed by atoms with van der Waals surface area (Å²) < 4.78 is 6.05. The van der Waals surface area contributed by atoms with Crippen molar-refractivity contribution in [2.45, 2.75) is 59.7 Å². The summed E-state index contributed by atoms with van der Waals surface area (Å²) in [5, 5.41) is 3.61. The largest absolute Gasteiger partial charge is 0.375 e. The van der Waals surface area contributed by atoms with E-state index in [0.717, 1.165) is 24.3 Å². The molecule has 1 saturated heterocycles. The maximum absolute atomic E-state index is 6.05. The van der Waals surface area contributed by atoms with Gasteiger partial charge in [0.25, 0.3) is 0 Å². The molecule has 1 N–H and O–H groups in total. The van der Waals surface area contributed by atoms with Crippen LogP contribution in [-0.2, 0) is 4.74 Å². The Morgan fingerprint density at radius 1 is 1.29 bits per heavy atom. The van der Waals surface area contributed by atoms with E-state index in [-0.39, 0.29) is 0 Å². The first-order chi connectivity index (χ1) is 7.93. The normalized spacial score (nSPS) is 39.9. The zero-order chi connectivity index (χ0) is 12.6. The van der Waals surface area contributed by atoms with Crippen LogP contribution in [0.15, 0.2) is 0 Å². The molecule has 0 bridgehead atoms. The standard InChI is InChI=1S/C15H29NO/c1-10(2)8-16-9-12-14(15(12,4)5)13-7-6-11(3)17-13/h10-14,16H,6-9H2,1-5H3. The third-order valence-corrected chi connectivity index (χ3v) is 4.72. The Kier molecular flexibility index (Phi) is 3.84. The average Bonchev–Trinajstić information content (AvgIpc) is 2.56. The second-order valence-corrected chi connectivity index (χ2v) is 7.07. The predicted octanol–water partition coefficient (Wildman–Crippen LogP) is 3.07. The minimum Gasteiger partial charge on any atom is -0.375 e. The Morgan fingerprint density at radius 3 is 2.53 bits per heavy atom. The molecule has 0 aromatic carbocycles. The van der Waals surface area contributed by atoms with E-state index >= 15 is 0 Å². The predicted molar refractivity (Wildman–Crippen MR) is 72.0 cm³/mol. The van der Waals surface area contributed by atoms with Gasteiger partial charge in [-0.05, 0) is 56.0 Å². The smallest absolute Gasteiger partial charge is 0.0616 e. The van der Waals surface area contributed by atoms with Crippen molar-refractivity contribution in [3.63, 3.8) is 0 Å². The first-order valence-electron chi connectivity index (χ1n) is 7.29. The molecule has 0 aromatic rings. The summed E-state index contributed by atoms with van der Waals surface area (Å²) in [4.78, 5) is 0. The van der Waals surface area contributed by atoms with Crippen molar-refractivity contribution in [2.24, 2.45) is 23.2 Å². The second kappa shape index (κ2) is 4.89. The van der Waals surface area contributed by atoms with Gasteiger partial charge in [-0.2, -0.15) is 0 Å². The first kappa shape index (κ1) is 13.4. The van der Waals surface area contributed by atoms with Crippen LogP contribution in [0.3, 0.4) is 0 Å². The van der Waals surface area contributed by atoms with E-state index in [2.05, 4.69) is 39.9 Å². The molecular weight excluding hydrogens is 210 g/mol. The van der Waals surface area contributed by atoms with Gasteiger partial charge in [-0.25, -0.2) is 0 Å². The van der Waals surface area contributed by atoms with Gasteiger partial charge in [-0.3, -0.25) is 0 Å². The van der Waals surface area contributed by atoms with Crippen molar-refractivity contribution in [1.29, 1.82) is 0 Å².